The van der Waals surface area contributed by atoms with Crippen LogP contribution in [0.15, 0.2) is 18.2 Å². The van der Waals surface area contributed by atoms with Crippen molar-refractivity contribution >= 4 is 17.6 Å². The van der Waals surface area contributed by atoms with Gasteiger partial charge in [0.1, 0.15) is 6.04 Å². The molecule has 24 heavy (non-hydrogen) atoms. The zero-order valence-corrected chi connectivity index (χ0v) is 14.2. The van der Waals surface area contributed by atoms with E-state index in [1.165, 1.54) is 26.4 Å². The minimum absolute atomic E-state index is 0.0847. The van der Waals surface area contributed by atoms with Gasteiger partial charge in [-0.15, -0.1) is 0 Å². The van der Waals surface area contributed by atoms with Crippen LogP contribution in [-0.2, 0) is 20.7 Å². The van der Waals surface area contributed by atoms with E-state index < -0.39 is 16.9 Å². The Morgan fingerprint density at radius 3 is 2.46 bits per heavy atom. The van der Waals surface area contributed by atoms with E-state index in [4.69, 9.17) is 9.47 Å². The molecule has 0 unspecified atom stereocenters. The Hall–Kier alpha value is -2.64. The molecule has 8 heteroatoms. The molecule has 1 aromatic rings. The molecule has 0 saturated carbocycles. The van der Waals surface area contributed by atoms with Crippen molar-refractivity contribution in [2.75, 3.05) is 14.2 Å². The number of ether oxygens (including phenoxy) is 2. The number of hydrogen-bond acceptors (Lipinski definition) is 6. The minimum atomic E-state index is -0.908. The largest absolute Gasteiger partial charge is 0.490 e. The molecule has 8 nitrogen and oxygen atoms in total. The van der Waals surface area contributed by atoms with Gasteiger partial charge in [-0.3, -0.25) is 14.9 Å². The first-order valence-corrected chi connectivity index (χ1v) is 7.47. The maximum atomic E-state index is 11.9. The molecular weight excluding hydrogens is 316 g/mol. The van der Waals surface area contributed by atoms with Crippen LogP contribution in [0.3, 0.4) is 0 Å². The summed E-state index contributed by atoms with van der Waals surface area (Å²) in [6.07, 6.45) is 0.359. The molecule has 1 atom stereocenters. The van der Waals surface area contributed by atoms with Gasteiger partial charge in [0.15, 0.2) is 5.75 Å². The molecule has 0 aliphatic rings. The summed E-state index contributed by atoms with van der Waals surface area (Å²) >= 11 is 0. The summed E-state index contributed by atoms with van der Waals surface area (Å²) in [4.78, 5) is 34.3. The minimum Gasteiger partial charge on any atom is -0.490 e. The summed E-state index contributed by atoms with van der Waals surface area (Å²) < 4.78 is 9.64. The van der Waals surface area contributed by atoms with Crippen molar-refractivity contribution in [2.45, 2.75) is 32.7 Å². The average Bonchev–Trinajstić information content (AvgIpc) is 2.52. The summed E-state index contributed by atoms with van der Waals surface area (Å²) in [5, 5.41) is 13.7. The molecule has 0 aromatic heterocycles. The number of benzene rings is 1. The first-order valence-electron chi connectivity index (χ1n) is 7.47. The highest BCUT2D eigenvalue weighted by Gasteiger charge is 2.24. The topological polar surface area (TPSA) is 108 Å². The Labute approximate surface area is 140 Å². The van der Waals surface area contributed by atoms with E-state index in [1.807, 2.05) is 13.8 Å². The van der Waals surface area contributed by atoms with Crippen LogP contribution < -0.4 is 10.1 Å². The Bertz CT molecular complexity index is 615. The van der Waals surface area contributed by atoms with Gasteiger partial charge in [0.25, 0.3) is 0 Å². The van der Waals surface area contributed by atoms with Gasteiger partial charge in [0.2, 0.25) is 5.91 Å². The monoisotopic (exact) mass is 338 g/mol. The van der Waals surface area contributed by atoms with Crippen LogP contribution in [0.4, 0.5) is 5.69 Å². The van der Waals surface area contributed by atoms with E-state index in [9.17, 15) is 19.7 Å². The Morgan fingerprint density at radius 2 is 1.96 bits per heavy atom. The van der Waals surface area contributed by atoms with Gasteiger partial charge in [-0.2, -0.15) is 0 Å². The zero-order valence-electron chi connectivity index (χ0n) is 14.2. The van der Waals surface area contributed by atoms with E-state index in [-0.39, 0.29) is 36.1 Å². The number of carbonyl (C=O) groups excluding carboxylic acids is 2. The van der Waals surface area contributed by atoms with Crippen LogP contribution in [0.5, 0.6) is 5.75 Å². The fraction of sp³-hybridized carbons (Fsp3) is 0.500. The van der Waals surface area contributed by atoms with Crippen molar-refractivity contribution in [2.24, 2.45) is 5.92 Å². The van der Waals surface area contributed by atoms with Gasteiger partial charge in [-0.1, -0.05) is 19.9 Å². The fourth-order valence-electron chi connectivity index (χ4n) is 2.20. The highest BCUT2D eigenvalue weighted by atomic mass is 16.6. The van der Waals surface area contributed by atoms with Crippen LogP contribution in [0, 0.1) is 16.0 Å². The standard InChI is InChI=1S/C16H22N2O6/c1-10(2)7-15(19)17-12(16(20)24-4)8-11-5-6-14(23-3)13(9-11)18(21)22/h5-6,9-10,12H,7-8H2,1-4H3,(H,17,19)/t12-/m1/s1. The number of esters is 1. The number of methoxy groups -OCH3 is 2. The number of nitrogens with zero attached hydrogens (tertiary/aromatic N) is 1. The van der Waals surface area contributed by atoms with E-state index in [0.717, 1.165) is 0 Å². The number of rotatable bonds is 8. The molecule has 0 saturated heterocycles. The van der Waals surface area contributed by atoms with Crippen molar-refractivity contribution in [3.63, 3.8) is 0 Å². The van der Waals surface area contributed by atoms with Gasteiger partial charge in [0.05, 0.1) is 19.1 Å². The van der Waals surface area contributed by atoms with Gasteiger partial charge >= 0.3 is 11.7 Å². The Morgan fingerprint density at radius 1 is 1.29 bits per heavy atom. The van der Waals surface area contributed by atoms with Gasteiger partial charge in [-0.05, 0) is 17.5 Å². The first-order chi connectivity index (χ1) is 11.3. The molecular formula is C16H22N2O6. The lowest BCUT2D eigenvalue weighted by molar-refractivity contribution is -0.385. The van der Waals surface area contributed by atoms with Crippen molar-refractivity contribution in [3.8, 4) is 5.75 Å². The van der Waals surface area contributed by atoms with Crippen molar-refractivity contribution < 1.29 is 24.0 Å². The van der Waals surface area contributed by atoms with E-state index >= 15 is 0 Å². The molecule has 0 radical (unpaired) electrons. The molecule has 0 heterocycles. The van der Waals surface area contributed by atoms with Gasteiger partial charge < -0.3 is 14.8 Å². The van der Waals surface area contributed by atoms with E-state index in [2.05, 4.69) is 5.32 Å². The first kappa shape index (κ1) is 19.4. The predicted molar refractivity (Wildman–Crippen MR) is 86.8 cm³/mol. The van der Waals surface area contributed by atoms with Crippen LogP contribution in [-0.4, -0.2) is 37.1 Å². The fourth-order valence-corrected chi connectivity index (χ4v) is 2.20. The average molecular weight is 338 g/mol. The number of hydrogen-bond donors (Lipinski definition) is 1. The summed E-state index contributed by atoms with van der Waals surface area (Å²) in [6, 6.07) is 3.48. The summed E-state index contributed by atoms with van der Waals surface area (Å²) in [7, 11) is 2.56. The molecule has 1 N–H and O–H groups in total. The lowest BCUT2D eigenvalue weighted by Gasteiger charge is -2.17. The van der Waals surface area contributed by atoms with Crippen LogP contribution in [0.2, 0.25) is 0 Å². The van der Waals surface area contributed by atoms with E-state index in [0.29, 0.717) is 5.56 Å². The number of nitro benzene ring substituents is 1. The molecule has 0 aliphatic heterocycles. The Kier molecular flexibility index (Phi) is 7.16. The second-order valence-corrected chi connectivity index (χ2v) is 5.71. The molecule has 132 valence electrons. The predicted octanol–water partition coefficient (Wildman–Crippen LogP) is 1.85. The third-order valence-corrected chi connectivity index (χ3v) is 3.29. The summed E-state index contributed by atoms with van der Waals surface area (Å²) in [5.41, 5.74) is 0.315. The summed E-state index contributed by atoms with van der Waals surface area (Å²) in [6.45, 7) is 3.78. The Balaban J connectivity index is 2.98. The third-order valence-electron chi connectivity index (χ3n) is 3.29. The quantitative estimate of drug-likeness (QED) is 0.440. The molecule has 0 fully saturated rings. The lowest BCUT2D eigenvalue weighted by Crippen LogP contribution is -2.43. The summed E-state index contributed by atoms with van der Waals surface area (Å²) in [5.74, 6) is -0.610. The maximum Gasteiger partial charge on any atom is 0.328 e. The molecule has 1 amide bonds. The number of carbonyl (C=O) groups is 2. The van der Waals surface area contributed by atoms with Crippen molar-refractivity contribution in [3.05, 3.63) is 33.9 Å². The van der Waals surface area contributed by atoms with Gasteiger partial charge in [0, 0.05) is 18.9 Å². The molecule has 0 spiro atoms. The SMILES string of the molecule is COC(=O)[C@@H](Cc1ccc(OC)c([N+](=O)[O-])c1)NC(=O)CC(C)C. The highest BCUT2D eigenvalue weighted by molar-refractivity contribution is 5.84. The van der Waals surface area contributed by atoms with Crippen LogP contribution in [0.25, 0.3) is 0 Å². The maximum absolute atomic E-state index is 11.9. The zero-order chi connectivity index (χ0) is 18.3. The van der Waals surface area contributed by atoms with E-state index in [1.54, 1.807) is 6.07 Å². The smallest absolute Gasteiger partial charge is 0.328 e. The molecule has 1 aromatic carbocycles. The third kappa shape index (κ3) is 5.53. The van der Waals surface area contributed by atoms with Crippen LogP contribution in [0.1, 0.15) is 25.8 Å². The normalized spacial score (nSPS) is 11.7. The number of nitro groups is 1. The second kappa shape index (κ2) is 8.85. The number of nitrogens with one attached hydrogen (secondary N) is 1. The lowest BCUT2D eigenvalue weighted by atomic mass is 10.0. The van der Waals surface area contributed by atoms with Crippen molar-refractivity contribution in [1.29, 1.82) is 0 Å². The molecule has 0 bridgehead atoms. The molecule has 0 aliphatic carbocycles. The second-order valence-electron chi connectivity index (χ2n) is 5.71. The van der Waals surface area contributed by atoms with Crippen LogP contribution >= 0.6 is 0 Å². The number of amides is 1. The molecule has 1 rings (SSSR count). The van der Waals surface area contributed by atoms with Gasteiger partial charge in [-0.25, -0.2) is 4.79 Å². The highest BCUT2D eigenvalue weighted by Crippen LogP contribution is 2.28. The van der Waals surface area contributed by atoms with Crippen molar-refractivity contribution in [1.82, 2.24) is 5.32 Å².